The van der Waals surface area contributed by atoms with Crippen LogP contribution in [0.3, 0.4) is 0 Å². The maximum atomic E-state index is 13.8. The van der Waals surface area contributed by atoms with Crippen LogP contribution in [-0.4, -0.2) is 47.5 Å². The van der Waals surface area contributed by atoms with Gasteiger partial charge in [-0.25, -0.2) is 4.98 Å². The number of rotatable bonds is 4. The van der Waals surface area contributed by atoms with E-state index in [-0.39, 0.29) is 5.91 Å². The molecule has 9 nitrogen and oxygen atoms in total. The Bertz CT molecular complexity index is 1940. The van der Waals surface area contributed by atoms with Crippen molar-refractivity contribution in [3.05, 3.63) is 78.6 Å². The lowest BCUT2D eigenvalue weighted by Crippen LogP contribution is -2.36. The van der Waals surface area contributed by atoms with E-state index in [4.69, 9.17) is 10.1 Å². The van der Waals surface area contributed by atoms with Gasteiger partial charge in [-0.3, -0.25) is 19.1 Å². The minimum absolute atomic E-state index is 0.191. The molecule has 1 amide bonds. The summed E-state index contributed by atoms with van der Waals surface area (Å²) in [4.78, 5) is 28.2. The van der Waals surface area contributed by atoms with E-state index in [1.807, 2.05) is 59.1 Å². The Kier molecular flexibility index (Phi) is 4.83. The van der Waals surface area contributed by atoms with Gasteiger partial charge in [-0.05, 0) is 48.2 Å². The topological polar surface area (TPSA) is 97.5 Å². The van der Waals surface area contributed by atoms with Crippen LogP contribution in [0.1, 0.15) is 36.8 Å². The first-order chi connectivity index (χ1) is 19.5. The monoisotopic (exact) mass is 528 g/mol. The van der Waals surface area contributed by atoms with Crippen LogP contribution in [-0.2, 0) is 23.8 Å². The molecule has 1 aromatic carbocycles. The van der Waals surface area contributed by atoms with E-state index in [0.29, 0.717) is 6.54 Å². The van der Waals surface area contributed by atoms with Crippen molar-refractivity contribution in [2.24, 2.45) is 7.05 Å². The molecule has 5 aromatic heterocycles. The van der Waals surface area contributed by atoms with Crippen LogP contribution in [0.5, 0.6) is 0 Å². The van der Waals surface area contributed by atoms with Gasteiger partial charge in [0.25, 0.3) is 0 Å². The molecule has 40 heavy (non-hydrogen) atoms. The molecule has 1 fully saturated rings. The van der Waals surface area contributed by atoms with Crippen LogP contribution in [0.15, 0.2) is 67.5 Å². The maximum Gasteiger partial charge on any atom is 0.237 e. The summed E-state index contributed by atoms with van der Waals surface area (Å²) in [5.41, 5.74) is 8.59. The number of carbonyl (C=O) groups excluding carboxylic acids is 1. The van der Waals surface area contributed by atoms with Crippen LogP contribution in [0, 0.1) is 0 Å². The molecule has 1 aliphatic carbocycles. The SMILES string of the molecule is CN1C(=O)C2(CCCC2)c2c1cnc1[nH]c(-c3cnn(Cc4ccncc4)c3)c(-c3ccc4c(cnn4C)c3)c21. The van der Waals surface area contributed by atoms with Gasteiger partial charge in [-0.15, -0.1) is 0 Å². The second-order valence-corrected chi connectivity index (χ2v) is 11.1. The lowest BCUT2D eigenvalue weighted by atomic mass is 9.78. The number of anilines is 1. The zero-order valence-corrected chi connectivity index (χ0v) is 22.4. The van der Waals surface area contributed by atoms with Crippen molar-refractivity contribution in [3.63, 3.8) is 0 Å². The Labute approximate surface area is 230 Å². The molecular formula is C31H28N8O. The smallest absolute Gasteiger partial charge is 0.237 e. The van der Waals surface area contributed by atoms with Crippen LogP contribution < -0.4 is 4.90 Å². The maximum absolute atomic E-state index is 13.8. The number of hydrogen-bond donors (Lipinski definition) is 1. The predicted octanol–water partition coefficient (Wildman–Crippen LogP) is 5.21. The lowest BCUT2D eigenvalue weighted by molar-refractivity contribution is -0.122. The van der Waals surface area contributed by atoms with Crippen molar-refractivity contribution in [3.8, 4) is 22.4 Å². The first kappa shape index (κ1) is 23.1. The summed E-state index contributed by atoms with van der Waals surface area (Å²) in [5, 5.41) is 11.3. The normalized spacial score (nSPS) is 16.1. The van der Waals surface area contributed by atoms with Crippen molar-refractivity contribution in [1.82, 2.24) is 34.5 Å². The van der Waals surface area contributed by atoms with Crippen molar-refractivity contribution in [2.75, 3.05) is 11.9 Å². The molecule has 0 unspecified atom stereocenters. The number of aromatic nitrogens is 7. The molecule has 1 aliphatic heterocycles. The summed E-state index contributed by atoms with van der Waals surface area (Å²) < 4.78 is 3.83. The number of hydrogen-bond acceptors (Lipinski definition) is 5. The van der Waals surface area contributed by atoms with Crippen LogP contribution >= 0.6 is 0 Å². The number of aryl methyl sites for hydroxylation is 1. The number of nitrogens with zero attached hydrogens (tertiary/aromatic N) is 7. The van der Waals surface area contributed by atoms with Gasteiger partial charge in [-0.2, -0.15) is 10.2 Å². The van der Waals surface area contributed by atoms with Gasteiger partial charge in [0, 0.05) is 60.1 Å². The van der Waals surface area contributed by atoms with Gasteiger partial charge in [-0.1, -0.05) is 18.9 Å². The highest BCUT2D eigenvalue weighted by Gasteiger charge is 2.52. The Balaban J connectivity index is 1.39. The number of amides is 1. The highest BCUT2D eigenvalue weighted by molar-refractivity contribution is 6.16. The second-order valence-electron chi connectivity index (χ2n) is 11.1. The molecule has 6 heterocycles. The van der Waals surface area contributed by atoms with E-state index in [0.717, 1.165) is 86.8 Å². The fourth-order valence-corrected chi connectivity index (χ4v) is 6.94. The first-order valence-electron chi connectivity index (χ1n) is 13.7. The molecule has 8 rings (SSSR count). The lowest BCUT2D eigenvalue weighted by Gasteiger charge is -2.22. The first-order valence-corrected chi connectivity index (χ1v) is 13.7. The standard InChI is InChI=1S/C31H28N8O/c1-37-24-16-33-29-26(27(24)31(30(37)40)9-3-4-10-31)25(20-5-6-23-21(13-20)14-34-38(23)2)28(36-29)22-15-35-39(18-22)17-19-7-11-32-12-8-19/h5-8,11-16,18H,3-4,9-10,17H2,1-2H3,(H,33,36). The molecule has 198 valence electrons. The quantitative estimate of drug-likeness (QED) is 0.339. The van der Waals surface area contributed by atoms with Gasteiger partial charge in [0.2, 0.25) is 5.91 Å². The van der Waals surface area contributed by atoms with E-state index in [9.17, 15) is 4.79 Å². The molecule has 1 N–H and O–H groups in total. The Morgan fingerprint density at radius 1 is 0.975 bits per heavy atom. The van der Waals surface area contributed by atoms with E-state index >= 15 is 0 Å². The van der Waals surface area contributed by atoms with E-state index < -0.39 is 5.41 Å². The molecule has 9 heteroatoms. The van der Waals surface area contributed by atoms with E-state index in [2.05, 4.69) is 39.5 Å². The molecule has 1 spiro atoms. The molecule has 0 bridgehead atoms. The summed E-state index contributed by atoms with van der Waals surface area (Å²) in [7, 11) is 3.85. The number of aromatic amines is 1. The Morgan fingerprint density at radius 2 is 1.80 bits per heavy atom. The number of pyridine rings is 2. The Morgan fingerprint density at radius 3 is 2.62 bits per heavy atom. The summed E-state index contributed by atoms with van der Waals surface area (Å²) in [6, 6.07) is 10.5. The zero-order chi connectivity index (χ0) is 27.0. The van der Waals surface area contributed by atoms with Gasteiger partial charge in [0.15, 0.2) is 0 Å². The number of fused-ring (bicyclic) bond motifs is 5. The summed E-state index contributed by atoms with van der Waals surface area (Å²) in [6.07, 6.45) is 15.2. The van der Waals surface area contributed by atoms with Crippen molar-refractivity contribution in [2.45, 2.75) is 37.6 Å². The second kappa shape index (κ2) is 8.35. The van der Waals surface area contributed by atoms with Crippen LogP contribution in [0.25, 0.3) is 44.3 Å². The molecule has 2 aliphatic rings. The van der Waals surface area contributed by atoms with Crippen LogP contribution in [0.4, 0.5) is 5.69 Å². The van der Waals surface area contributed by atoms with Gasteiger partial charge < -0.3 is 9.88 Å². The number of carbonyl (C=O) groups is 1. The van der Waals surface area contributed by atoms with E-state index in [1.165, 1.54) is 0 Å². The third kappa shape index (κ3) is 3.17. The molecule has 0 radical (unpaired) electrons. The summed E-state index contributed by atoms with van der Waals surface area (Å²) in [6.45, 7) is 0.649. The van der Waals surface area contributed by atoms with Crippen molar-refractivity contribution in [1.29, 1.82) is 0 Å². The minimum Gasteiger partial charge on any atom is -0.339 e. The average molecular weight is 529 g/mol. The third-order valence-electron chi connectivity index (χ3n) is 8.86. The highest BCUT2D eigenvalue weighted by Crippen LogP contribution is 2.55. The molecule has 0 saturated heterocycles. The van der Waals surface area contributed by atoms with Gasteiger partial charge in [0.05, 0.1) is 47.4 Å². The van der Waals surface area contributed by atoms with Gasteiger partial charge in [0.1, 0.15) is 5.65 Å². The number of H-pyrrole nitrogens is 1. The Hall–Kier alpha value is -4.79. The number of benzene rings is 1. The third-order valence-corrected chi connectivity index (χ3v) is 8.86. The minimum atomic E-state index is -0.497. The molecule has 0 atom stereocenters. The fourth-order valence-electron chi connectivity index (χ4n) is 6.94. The molecule has 6 aromatic rings. The van der Waals surface area contributed by atoms with Gasteiger partial charge >= 0.3 is 0 Å². The molecule has 1 saturated carbocycles. The van der Waals surface area contributed by atoms with Crippen LogP contribution in [0.2, 0.25) is 0 Å². The summed E-state index contributed by atoms with van der Waals surface area (Å²) in [5.74, 6) is 0.191. The number of nitrogens with one attached hydrogen (secondary N) is 1. The number of likely N-dealkylation sites (N-methyl/N-ethyl adjacent to an activating group) is 1. The zero-order valence-electron chi connectivity index (χ0n) is 22.4. The fraction of sp³-hybridized carbons (Fsp3) is 0.258. The van der Waals surface area contributed by atoms with Crippen molar-refractivity contribution < 1.29 is 4.79 Å². The molecular weight excluding hydrogens is 500 g/mol. The predicted molar refractivity (Wildman–Crippen MR) is 154 cm³/mol. The summed E-state index contributed by atoms with van der Waals surface area (Å²) >= 11 is 0. The largest absolute Gasteiger partial charge is 0.339 e. The highest BCUT2D eigenvalue weighted by atomic mass is 16.2. The average Bonchev–Trinajstić information content (AvgIpc) is 3.80. The van der Waals surface area contributed by atoms with Crippen molar-refractivity contribution >= 4 is 33.5 Å². The van der Waals surface area contributed by atoms with E-state index in [1.54, 1.807) is 12.4 Å².